The van der Waals surface area contributed by atoms with Crippen LogP contribution < -0.4 is 0 Å². The number of hydrogen-bond donors (Lipinski definition) is 0. The van der Waals surface area contributed by atoms with Gasteiger partial charge in [-0.15, -0.1) is 0 Å². The van der Waals surface area contributed by atoms with E-state index in [2.05, 4.69) is 9.97 Å². The van der Waals surface area contributed by atoms with Crippen molar-refractivity contribution in [3.8, 4) is 33.4 Å². The quantitative estimate of drug-likeness (QED) is 0.259. The lowest BCUT2D eigenvalue weighted by atomic mass is 9.94. The maximum atomic E-state index is 14.7. The minimum absolute atomic E-state index is 0.328. The van der Waals surface area contributed by atoms with Crippen molar-refractivity contribution in [2.24, 2.45) is 0 Å². The van der Waals surface area contributed by atoms with Gasteiger partial charge in [-0.2, -0.15) is 0 Å². The molecular formula is C22H8F8N2. The van der Waals surface area contributed by atoms with Crippen molar-refractivity contribution < 1.29 is 35.1 Å². The fourth-order valence-corrected chi connectivity index (χ4v) is 3.25. The smallest absolute Gasteiger partial charge is 0.170 e. The number of aromatic nitrogens is 2. The van der Waals surface area contributed by atoms with Crippen molar-refractivity contribution in [1.29, 1.82) is 0 Å². The van der Waals surface area contributed by atoms with Crippen LogP contribution in [0.25, 0.3) is 33.4 Å². The van der Waals surface area contributed by atoms with Crippen LogP contribution in [0.1, 0.15) is 0 Å². The molecule has 0 amide bonds. The van der Waals surface area contributed by atoms with Crippen LogP contribution in [0.2, 0.25) is 0 Å². The highest BCUT2D eigenvalue weighted by Gasteiger charge is 2.34. The Morgan fingerprint density at radius 1 is 0.344 bits per heavy atom. The molecule has 0 bridgehead atoms. The number of pyridine rings is 2. The third-order valence-corrected chi connectivity index (χ3v) is 4.71. The molecular weight excluding hydrogens is 444 g/mol. The Morgan fingerprint density at radius 2 is 0.562 bits per heavy atom. The number of rotatable bonds is 3. The van der Waals surface area contributed by atoms with E-state index in [1.54, 1.807) is 0 Å². The van der Waals surface area contributed by atoms with E-state index in [1.165, 1.54) is 0 Å². The van der Waals surface area contributed by atoms with Crippen molar-refractivity contribution in [1.82, 2.24) is 9.97 Å². The highest BCUT2D eigenvalue weighted by molar-refractivity contribution is 5.76. The van der Waals surface area contributed by atoms with Gasteiger partial charge in [0.2, 0.25) is 0 Å². The SMILES string of the molecule is Fc1c(F)c(-c2c(F)c(F)c(-c3ccncc3)c(F)c2F)c(F)c(F)c1-c1ccncc1. The number of halogens is 8. The van der Waals surface area contributed by atoms with Gasteiger partial charge in [0.05, 0.1) is 22.3 Å². The van der Waals surface area contributed by atoms with Gasteiger partial charge >= 0.3 is 0 Å². The normalized spacial score (nSPS) is 11.1. The minimum Gasteiger partial charge on any atom is -0.265 e. The Kier molecular flexibility index (Phi) is 5.37. The van der Waals surface area contributed by atoms with E-state index in [1.807, 2.05) is 0 Å². The predicted molar refractivity (Wildman–Crippen MR) is 98.0 cm³/mol. The Morgan fingerprint density at radius 3 is 0.812 bits per heavy atom. The maximum Gasteiger partial charge on any atom is 0.170 e. The molecule has 0 radical (unpaired) electrons. The van der Waals surface area contributed by atoms with E-state index >= 15 is 0 Å². The third kappa shape index (κ3) is 3.19. The van der Waals surface area contributed by atoms with E-state index < -0.39 is 68.8 Å². The van der Waals surface area contributed by atoms with E-state index in [0.717, 1.165) is 49.1 Å². The van der Waals surface area contributed by atoms with Crippen molar-refractivity contribution in [2.75, 3.05) is 0 Å². The molecule has 2 heterocycles. The van der Waals surface area contributed by atoms with E-state index in [4.69, 9.17) is 0 Å². The fraction of sp³-hybridized carbons (Fsp3) is 0. The summed E-state index contributed by atoms with van der Waals surface area (Å²) in [5.74, 6) is -17.0. The summed E-state index contributed by atoms with van der Waals surface area (Å²) in [6.07, 6.45) is 4.33. The molecule has 0 atom stereocenters. The molecule has 4 rings (SSSR count). The first-order valence-corrected chi connectivity index (χ1v) is 8.78. The zero-order valence-electron chi connectivity index (χ0n) is 15.5. The second-order valence-electron chi connectivity index (χ2n) is 6.48. The van der Waals surface area contributed by atoms with Gasteiger partial charge in [0.1, 0.15) is 0 Å². The average molecular weight is 452 g/mol. The van der Waals surface area contributed by atoms with Crippen molar-refractivity contribution in [3.05, 3.63) is 95.6 Å². The van der Waals surface area contributed by atoms with Gasteiger partial charge < -0.3 is 0 Å². The predicted octanol–water partition coefficient (Wildman–Crippen LogP) is 6.59. The molecule has 4 aromatic rings. The Labute approximate surface area is 174 Å². The summed E-state index contributed by atoms with van der Waals surface area (Å²) >= 11 is 0. The summed E-state index contributed by atoms with van der Waals surface area (Å²) in [6, 6.07) is 4.13. The standard InChI is InChI=1S/C22H8F8N2/c23-15-11(9-1-5-31-6-2-9)16(24)20(28)13(19(15)27)14-21(29)17(25)12(18(26)22(14)30)10-3-7-32-8-4-10/h1-8H. The van der Waals surface area contributed by atoms with Crippen LogP contribution in [0.5, 0.6) is 0 Å². The van der Waals surface area contributed by atoms with Gasteiger partial charge in [0.25, 0.3) is 0 Å². The van der Waals surface area contributed by atoms with Gasteiger partial charge in [-0.05, 0) is 35.4 Å². The fourth-order valence-electron chi connectivity index (χ4n) is 3.25. The Bertz CT molecular complexity index is 1180. The first-order chi connectivity index (χ1) is 15.3. The highest BCUT2D eigenvalue weighted by Crippen LogP contribution is 2.42. The van der Waals surface area contributed by atoms with Gasteiger partial charge in [-0.1, -0.05) is 0 Å². The molecule has 0 unspecified atom stereocenters. The molecule has 10 heteroatoms. The molecule has 0 aliphatic rings. The number of hydrogen-bond acceptors (Lipinski definition) is 2. The van der Waals surface area contributed by atoms with Crippen LogP contribution >= 0.6 is 0 Å². The second kappa shape index (κ2) is 8.03. The van der Waals surface area contributed by atoms with Gasteiger partial charge in [0, 0.05) is 24.8 Å². The Hall–Kier alpha value is -3.82. The van der Waals surface area contributed by atoms with E-state index in [-0.39, 0.29) is 11.1 Å². The van der Waals surface area contributed by atoms with Crippen molar-refractivity contribution in [3.63, 3.8) is 0 Å². The molecule has 32 heavy (non-hydrogen) atoms. The van der Waals surface area contributed by atoms with Gasteiger partial charge in [0.15, 0.2) is 46.5 Å². The molecule has 0 aliphatic heterocycles. The summed E-state index contributed by atoms with van der Waals surface area (Å²) in [6.45, 7) is 0. The lowest BCUT2D eigenvalue weighted by Gasteiger charge is -2.16. The van der Waals surface area contributed by atoms with Crippen molar-refractivity contribution >= 4 is 0 Å². The zero-order chi connectivity index (χ0) is 23.2. The molecule has 162 valence electrons. The van der Waals surface area contributed by atoms with Crippen molar-refractivity contribution in [2.45, 2.75) is 0 Å². The molecule has 2 aromatic heterocycles. The lowest BCUT2D eigenvalue weighted by molar-refractivity contribution is 0.446. The van der Waals surface area contributed by atoms with Crippen LogP contribution in [0.3, 0.4) is 0 Å². The molecule has 0 spiro atoms. The van der Waals surface area contributed by atoms with Crippen LogP contribution in [-0.2, 0) is 0 Å². The van der Waals surface area contributed by atoms with Crippen LogP contribution in [0.4, 0.5) is 35.1 Å². The monoisotopic (exact) mass is 452 g/mol. The van der Waals surface area contributed by atoms with E-state index in [9.17, 15) is 35.1 Å². The highest BCUT2D eigenvalue weighted by atomic mass is 19.2. The van der Waals surface area contributed by atoms with Gasteiger partial charge in [-0.3, -0.25) is 9.97 Å². The second-order valence-corrected chi connectivity index (χ2v) is 6.48. The topological polar surface area (TPSA) is 25.8 Å². The minimum atomic E-state index is -2.23. The molecule has 0 aliphatic carbocycles. The number of benzene rings is 2. The van der Waals surface area contributed by atoms with Gasteiger partial charge in [-0.25, -0.2) is 35.1 Å². The summed E-state index contributed by atoms with van der Waals surface area (Å²) in [5, 5.41) is 0. The number of nitrogens with zero attached hydrogens (tertiary/aromatic N) is 2. The maximum absolute atomic E-state index is 14.7. The Balaban J connectivity index is 2.04. The molecule has 0 N–H and O–H groups in total. The molecule has 2 nitrogen and oxygen atoms in total. The van der Waals surface area contributed by atoms with Crippen LogP contribution in [-0.4, -0.2) is 9.97 Å². The largest absolute Gasteiger partial charge is 0.265 e. The molecule has 0 fully saturated rings. The lowest BCUT2D eigenvalue weighted by Crippen LogP contribution is -2.09. The summed E-state index contributed by atoms with van der Waals surface area (Å²) < 4.78 is 118. The molecule has 0 saturated carbocycles. The van der Waals surface area contributed by atoms with Crippen LogP contribution in [0, 0.1) is 46.5 Å². The first kappa shape index (κ1) is 21.4. The zero-order valence-corrected chi connectivity index (χ0v) is 15.5. The summed E-state index contributed by atoms with van der Waals surface area (Å²) in [4.78, 5) is 7.19. The summed E-state index contributed by atoms with van der Waals surface area (Å²) in [7, 11) is 0. The summed E-state index contributed by atoms with van der Waals surface area (Å²) in [5.41, 5.74) is -6.86. The molecule has 0 saturated heterocycles. The first-order valence-electron chi connectivity index (χ1n) is 8.78. The third-order valence-electron chi connectivity index (χ3n) is 4.71. The average Bonchev–Trinajstić information content (AvgIpc) is 2.80. The van der Waals surface area contributed by atoms with E-state index in [0.29, 0.717) is 0 Å². The van der Waals surface area contributed by atoms with Crippen LogP contribution in [0.15, 0.2) is 49.1 Å². The molecule has 2 aromatic carbocycles.